The standard InChI is InChI=1S/C31H24ClN/c1-31(2)28-10-6-5-9-25(28)27-19-30(32)26(18-29(27)31)21-12-14-23(15-13-21)33-24-16-11-20-7-3-4-8-22(20)17-24/h3-19,33H,1-2H3. The Balaban J connectivity index is 1.33. The SMILES string of the molecule is CC1(C)c2ccccc2-c2cc(Cl)c(-c3ccc(Nc4ccc5ccccc5c4)cc3)cc21. The second-order valence-corrected chi connectivity index (χ2v) is 9.72. The molecule has 0 amide bonds. The number of hydrogen-bond donors (Lipinski definition) is 1. The van der Waals surface area contributed by atoms with Crippen LogP contribution in [-0.2, 0) is 5.41 Å². The molecular weight excluding hydrogens is 422 g/mol. The summed E-state index contributed by atoms with van der Waals surface area (Å²) >= 11 is 6.81. The fraction of sp³-hybridized carbons (Fsp3) is 0.0968. The number of anilines is 2. The molecule has 0 spiro atoms. The van der Waals surface area contributed by atoms with Crippen molar-refractivity contribution in [2.75, 3.05) is 5.32 Å². The van der Waals surface area contributed by atoms with E-state index in [1.807, 2.05) is 0 Å². The van der Waals surface area contributed by atoms with Gasteiger partial charge in [-0.25, -0.2) is 0 Å². The maximum atomic E-state index is 6.81. The minimum atomic E-state index is -0.0388. The third-order valence-electron chi connectivity index (χ3n) is 6.91. The fourth-order valence-corrected chi connectivity index (χ4v) is 5.38. The lowest BCUT2D eigenvalue weighted by Gasteiger charge is -2.22. The number of halogens is 1. The molecule has 0 bridgehead atoms. The van der Waals surface area contributed by atoms with Gasteiger partial charge >= 0.3 is 0 Å². The van der Waals surface area contributed by atoms with E-state index >= 15 is 0 Å². The molecule has 1 nitrogen and oxygen atoms in total. The molecule has 0 fully saturated rings. The van der Waals surface area contributed by atoms with Crippen molar-refractivity contribution < 1.29 is 0 Å². The van der Waals surface area contributed by atoms with Crippen LogP contribution in [0.5, 0.6) is 0 Å². The van der Waals surface area contributed by atoms with Gasteiger partial charge in [0.25, 0.3) is 0 Å². The summed E-state index contributed by atoms with van der Waals surface area (Å²) in [6.07, 6.45) is 0. The van der Waals surface area contributed by atoms with Crippen molar-refractivity contribution in [3.05, 3.63) is 119 Å². The Morgan fingerprint density at radius 1 is 0.576 bits per heavy atom. The maximum absolute atomic E-state index is 6.81. The Labute approximate surface area is 199 Å². The van der Waals surface area contributed by atoms with Gasteiger partial charge in [0, 0.05) is 27.4 Å². The number of rotatable bonds is 3. The molecule has 5 aromatic carbocycles. The highest BCUT2D eigenvalue weighted by atomic mass is 35.5. The number of hydrogen-bond acceptors (Lipinski definition) is 1. The largest absolute Gasteiger partial charge is 0.356 e. The minimum absolute atomic E-state index is 0.0388. The van der Waals surface area contributed by atoms with Gasteiger partial charge in [-0.1, -0.05) is 92.2 Å². The van der Waals surface area contributed by atoms with Crippen LogP contribution in [0.2, 0.25) is 5.02 Å². The number of benzene rings is 5. The van der Waals surface area contributed by atoms with Gasteiger partial charge in [-0.3, -0.25) is 0 Å². The van der Waals surface area contributed by atoms with Gasteiger partial charge in [-0.05, 0) is 75.0 Å². The quantitative estimate of drug-likeness (QED) is 0.292. The van der Waals surface area contributed by atoms with E-state index in [-0.39, 0.29) is 5.41 Å². The zero-order chi connectivity index (χ0) is 22.6. The Bertz CT molecular complexity index is 1510. The summed E-state index contributed by atoms with van der Waals surface area (Å²) in [5, 5.41) is 6.79. The first-order chi connectivity index (χ1) is 16.0. The van der Waals surface area contributed by atoms with Crippen LogP contribution in [0.4, 0.5) is 11.4 Å². The lowest BCUT2D eigenvalue weighted by molar-refractivity contribution is 0.660. The molecule has 0 heterocycles. The summed E-state index contributed by atoms with van der Waals surface area (Å²) < 4.78 is 0. The molecule has 2 heteroatoms. The zero-order valence-corrected chi connectivity index (χ0v) is 19.4. The number of fused-ring (bicyclic) bond motifs is 4. The van der Waals surface area contributed by atoms with E-state index in [4.69, 9.17) is 11.6 Å². The molecule has 1 N–H and O–H groups in total. The minimum Gasteiger partial charge on any atom is -0.356 e. The Morgan fingerprint density at radius 2 is 1.27 bits per heavy atom. The van der Waals surface area contributed by atoms with Crippen molar-refractivity contribution in [1.29, 1.82) is 0 Å². The average molecular weight is 446 g/mol. The molecule has 1 aliphatic rings. The first-order valence-electron chi connectivity index (χ1n) is 11.3. The Morgan fingerprint density at radius 3 is 2.09 bits per heavy atom. The van der Waals surface area contributed by atoms with Crippen LogP contribution in [0.3, 0.4) is 0 Å². The molecule has 0 saturated heterocycles. The molecule has 0 aliphatic heterocycles. The topological polar surface area (TPSA) is 12.0 Å². The van der Waals surface area contributed by atoms with Crippen molar-refractivity contribution in [2.45, 2.75) is 19.3 Å². The molecule has 33 heavy (non-hydrogen) atoms. The zero-order valence-electron chi connectivity index (χ0n) is 18.7. The van der Waals surface area contributed by atoms with Crippen LogP contribution >= 0.6 is 11.6 Å². The van der Waals surface area contributed by atoms with Gasteiger partial charge in [-0.2, -0.15) is 0 Å². The predicted octanol–water partition coefficient (Wildman–Crippen LogP) is 9.21. The van der Waals surface area contributed by atoms with Gasteiger partial charge in [0.05, 0.1) is 0 Å². The van der Waals surface area contributed by atoms with Gasteiger partial charge in [0.1, 0.15) is 0 Å². The molecule has 0 saturated carbocycles. The molecule has 160 valence electrons. The summed E-state index contributed by atoms with van der Waals surface area (Å²) in [4.78, 5) is 0. The van der Waals surface area contributed by atoms with Crippen LogP contribution in [0.15, 0.2) is 103 Å². The van der Waals surface area contributed by atoms with E-state index in [2.05, 4.69) is 122 Å². The van der Waals surface area contributed by atoms with Crippen molar-refractivity contribution in [3.8, 4) is 22.3 Å². The highest BCUT2D eigenvalue weighted by Crippen LogP contribution is 2.51. The summed E-state index contributed by atoms with van der Waals surface area (Å²) in [5.74, 6) is 0. The summed E-state index contributed by atoms with van der Waals surface area (Å²) in [6, 6.07) is 36.5. The first kappa shape index (κ1) is 20.1. The van der Waals surface area contributed by atoms with Crippen LogP contribution < -0.4 is 5.32 Å². The molecule has 5 aromatic rings. The molecule has 0 radical (unpaired) electrons. The molecule has 0 unspecified atom stereocenters. The van der Waals surface area contributed by atoms with E-state index in [1.165, 1.54) is 33.0 Å². The van der Waals surface area contributed by atoms with Crippen LogP contribution in [0, 0.1) is 0 Å². The van der Waals surface area contributed by atoms with Crippen LogP contribution in [0.25, 0.3) is 33.0 Å². The highest BCUT2D eigenvalue weighted by Gasteiger charge is 2.35. The van der Waals surface area contributed by atoms with E-state index < -0.39 is 0 Å². The third-order valence-corrected chi connectivity index (χ3v) is 7.22. The lowest BCUT2D eigenvalue weighted by Crippen LogP contribution is -2.14. The van der Waals surface area contributed by atoms with E-state index in [1.54, 1.807) is 0 Å². The fourth-order valence-electron chi connectivity index (χ4n) is 5.11. The highest BCUT2D eigenvalue weighted by molar-refractivity contribution is 6.33. The molecule has 1 aliphatic carbocycles. The predicted molar refractivity (Wildman–Crippen MR) is 142 cm³/mol. The van der Waals surface area contributed by atoms with Crippen LogP contribution in [0.1, 0.15) is 25.0 Å². The average Bonchev–Trinajstić information content (AvgIpc) is 3.05. The van der Waals surface area contributed by atoms with Crippen molar-refractivity contribution in [2.24, 2.45) is 0 Å². The van der Waals surface area contributed by atoms with Crippen LogP contribution in [-0.4, -0.2) is 0 Å². The molecule has 0 aromatic heterocycles. The summed E-state index contributed by atoms with van der Waals surface area (Å²) in [7, 11) is 0. The van der Waals surface area contributed by atoms with Crippen molar-refractivity contribution >= 4 is 33.7 Å². The summed E-state index contributed by atoms with van der Waals surface area (Å²) in [6.45, 7) is 4.60. The second kappa shape index (κ2) is 7.50. The van der Waals surface area contributed by atoms with Crippen molar-refractivity contribution in [3.63, 3.8) is 0 Å². The van der Waals surface area contributed by atoms with Gasteiger partial charge in [0.2, 0.25) is 0 Å². The van der Waals surface area contributed by atoms with Gasteiger partial charge in [-0.15, -0.1) is 0 Å². The van der Waals surface area contributed by atoms with E-state index in [0.29, 0.717) is 0 Å². The van der Waals surface area contributed by atoms with E-state index in [0.717, 1.165) is 27.5 Å². The van der Waals surface area contributed by atoms with Crippen molar-refractivity contribution in [1.82, 2.24) is 0 Å². The third kappa shape index (κ3) is 3.32. The molecule has 6 rings (SSSR count). The molecule has 0 atom stereocenters. The summed E-state index contributed by atoms with van der Waals surface area (Å²) in [5.41, 5.74) is 9.54. The lowest BCUT2D eigenvalue weighted by atomic mass is 9.81. The smallest absolute Gasteiger partial charge is 0.0490 e. The van der Waals surface area contributed by atoms with Gasteiger partial charge in [0.15, 0.2) is 0 Å². The Hall–Kier alpha value is -3.55. The molecular formula is C31H24ClN. The Kier molecular flexibility index (Phi) is 4.57. The normalized spacial score (nSPS) is 13.5. The second-order valence-electron chi connectivity index (χ2n) is 9.31. The first-order valence-corrected chi connectivity index (χ1v) is 11.7. The monoisotopic (exact) mass is 445 g/mol. The van der Waals surface area contributed by atoms with E-state index in [9.17, 15) is 0 Å². The van der Waals surface area contributed by atoms with Gasteiger partial charge < -0.3 is 5.32 Å². The number of nitrogens with one attached hydrogen (secondary N) is 1. The maximum Gasteiger partial charge on any atom is 0.0490 e.